The van der Waals surface area contributed by atoms with Crippen LogP contribution in [0.25, 0.3) is 11.4 Å². The molecule has 20 heavy (non-hydrogen) atoms. The van der Waals surface area contributed by atoms with Gasteiger partial charge in [0.2, 0.25) is 5.95 Å². The van der Waals surface area contributed by atoms with E-state index in [0.717, 1.165) is 31.5 Å². The first-order chi connectivity index (χ1) is 9.63. The molecule has 1 aromatic carbocycles. The number of nitrogens with zero attached hydrogens (tertiary/aromatic N) is 3. The molecule has 1 unspecified atom stereocenters. The van der Waals surface area contributed by atoms with E-state index in [1.807, 2.05) is 0 Å². The minimum absolute atomic E-state index is 0.170. The molecule has 1 aliphatic heterocycles. The number of H-pyrrole nitrogens is 1. The van der Waals surface area contributed by atoms with Crippen LogP contribution in [0, 0.1) is 5.82 Å². The summed E-state index contributed by atoms with van der Waals surface area (Å²) in [5.74, 6) is 0.972. The molecule has 3 N–H and O–H groups in total. The van der Waals surface area contributed by atoms with Crippen molar-refractivity contribution in [3.63, 3.8) is 0 Å². The summed E-state index contributed by atoms with van der Waals surface area (Å²) in [6.45, 7) is 1.68. The van der Waals surface area contributed by atoms with Gasteiger partial charge in [-0.15, -0.1) is 5.10 Å². The summed E-state index contributed by atoms with van der Waals surface area (Å²) in [4.78, 5) is 6.56. The lowest BCUT2D eigenvalue weighted by molar-refractivity contribution is 0.500. The average Bonchev–Trinajstić information content (AvgIpc) is 2.88. The van der Waals surface area contributed by atoms with Crippen LogP contribution in [0.15, 0.2) is 22.7 Å². The molecule has 0 bridgehead atoms. The quantitative estimate of drug-likeness (QED) is 0.880. The zero-order valence-electron chi connectivity index (χ0n) is 10.8. The Morgan fingerprint density at radius 1 is 1.45 bits per heavy atom. The maximum atomic E-state index is 13.1. The van der Waals surface area contributed by atoms with Gasteiger partial charge in [-0.05, 0) is 47.0 Å². The van der Waals surface area contributed by atoms with Gasteiger partial charge in [-0.25, -0.2) is 4.39 Å². The Bertz CT molecular complexity index is 615. The summed E-state index contributed by atoms with van der Waals surface area (Å²) in [5.41, 5.74) is 6.75. The number of benzene rings is 1. The van der Waals surface area contributed by atoms with Gasteiger partial charge in [-0.2, -0.15) is 4.98 Å². The number of nitrogens with two attached hydrogens (primary N) is 1. The normalized spacial score (nSPS) is 19.4. The van der Waals surface area contributed by atoms with Crippen molar-refractivity contribution < 1.29 is 4.39 Å². The van der Waals surface area contributed by atoms with E-state index in [1.165, 1.54) is 12.1 Å². The summed E-state index contributed by atoms with van der Waals surface area (Å²) in [5, 5.41) is 7.13. The fraction of sp³-hybridized carbons (Fsp3) is 0.385. The average molecular weight is 340 g/mol. The van der Waals surface area contributed by atoms with Gasteiger partial charge in [0.1, 0.15) is 5.82 Å². The first kappa shape index (κ1) is 13.5. The van der Waals surface area contributed by atoms with Crippen molar-refractivity contribution in [2.45, 2.75) is 18.9 Å². The third-order valence-electron chi connectivity index (χ3n) is 3.40. The maximum Gasteiger partial charge on any atom is 0.245 e. The molecular formula is C13H15BrFN5. The predicted octanol–water partition coefficient (Wildman–Crippen LogP) is 2.30. The van der Waals surface area contributed by atoms with Gasteiger partial charge in [0, 0.05) is 29.2 Å². The molecule has 0 aliphatic carbocycles. The van der Waals surface area contributed by atoms with Crippen molar-refractivity contribution in [3.8, 4) is 11.4 Å². The van der Waals surface area contributed by atoms with E-state index in [0.29, 0.717) is 16.2 Å². The van der Waals surface area contributed by atoms with Gasteiger partial charge in [-0.1, -0.05) is 0 Å². The molecule has 0 radical (unpaired) electrons. The van der Waals surface area contributed by atoms with Crippen LogP contribution in [0.5, 0.6) is 0 Å². The minimum Gasteiger partial charge on any atom is -0.338 e. The number of nitrogens with one attached hydrogen (secondary N) is 1. The highest BCUT2D eigenvalue weighted by molar-refractivity contribution is 9.10. The first-order valence-electron chi connectivity index (χ1n) is 6.52. The molecular weight excluding hydrogens is 325 g/mol. The summed E-state index contributed by atoms with van der Waals surface area (Å²) < 4.78 is 13.8. The van der Waals surface area contributed by atoms with Crippen LogP contribution in [-0.2, 0) is 0 Å². The van der Waals surface area contributed by atoms with Crippen LogP contribution >= 0.6 is 15.9 Å². The lowest BCUT2D eigenvalue weighted by atomic mass is 10.1. The Hall–Kier alpha value is -1.47. The summed E-state index contributed by atoms with van der Waals surface area (Å²) >= 11 is 3.34. The molecule has 2 heterocycles. The van der Waals surface area contributed by atoms with Crippen molar-refractivity contribution in [1.29, 1.82) is 0 Å². The van der Waals surface area contributed by atoms with Gasteiger partial charge in [-0.3, -0.25) is 5.10 Å². The number of rotatable bonds is 2. The van der Waals surface area contributed by atoms with Crippen molar-refractivity contribution >= 4 is 21.9 Å². The van der Waals surface area contributed by atoms with E-state index < -0.39 is 0 Å². The monoisotopic (exact) mass is 339 g/mol. The number of hydrogen-bond donors (Lipinski definition) is 2. The van der Waals surface area contributed by atoms with Crippen LogP contribution in [0.3, 0.4) is 0 Å². The van der Waals surface area contributed by atoms with Crippen LogP contribution < -0.4 is 10.6 Å². The molecule has 0 saturated carbocycles. The van der Waals surface area contributed by atoms with Gasteiger partial charge >= 0.3 is 0 Å². The van der Waals surface area contributed by atoms with Crippen LogP contribution in [0.1, 0.15) is 12.8 Å². The van der Waals surface area contributed by atoms with Crippen LogP contribution in [0.4, 0.5) is 10.3 Å². The van der Waals surface area contributed by atoms with Gasteiger partial charge in [0.25, 0.3) is 0 Å². The highest BCUT2D eigenvalue weighted by Gasteiger charge is 2.20. The van der Waals surface area contributed by atoms with E-state index >= 15 is 0 Å². The summed E-state index contributed by atoms with van der Waals surface area (Å²) in [7, 11) is 0. The lowest BCUT2D eigenvalue weighted by Gasteiger charge is -2.29. The van der Waals surface area contributed by atoms with E-state index in [4.69, 9.17) is 5.73 Å². The van der Waals surface area contributed by atoms with Crippen molar-refractivity contribution in [2.75, 3.05) is 18.0 Å². The molecule has 1 fully saturated rings. The number of anilines is 1. The minimum atomic E-state index is -0.289. The molecule has 7 heteroatoms. The predicted molar refractivity (Wildman–Crippen MR) is 78.9 cm³/mol. The third-order valence-corrected chi connectivity index (χ3v) is 4.06. The Morgan fingerprint density at radius 3 is 3.05 bits per heavy atom. The molecule has 1 aromatic heterocycles. The highest BCUT2D eigenvalue weighted by Crippen LogP contribution is 2.27. The fourth-order valence-electron chi connectivity index (χ4n) is 2.39. The smallest absolute Gasteiger partial charge is 0.245 e. The standard InChI is InChI=1S/C13H15BrFN5/c14-11-6-8(15)3-4-10(11)12-17-13(19-18-12)20-5-1-2-9(16)7-20/h3-4,6,9H,1-2,5,7,16H2,(H,17,18,19). The van der Waals surface area contributed by atoms with Gasteiger partial charge < -0.3 is 10.6 Å². The second kappa shape index (κ2) is 5.49. The molecule has 2 aromatic rings. The largest absolute Gasteiger partial charge is 0.338 e. The Morgan fingerprint density at radius 2 is 2.30 bits per heavy atom. The second-order valence-corrected chi connectivity index (χ2v) is 5.81. The zero-order valence-corrected chi connectivity index (χ0v) is 12.4. The molecule has 0 spiro atoms. The van der Waals surface area contributed by atoms with E-state index in [2.05, 4.69) is 36.0 Å². The molecule has 3 rings (SSSR count). The molecule has 5 nitrogen and oxygen atoms in total. The molecule has 1 aliphatic rings. The van der Waals surface area contributed by atoms with Crippen molar-refractivity contribution in [1.82, 2.24) is 15.2 Å². The number of piperidine rings is 1. The summed E-state index contributed by atoms with van der Waals surface area (Å²) in [6, 6.07) is 4.65. The Kier molecular flexibility index (Phi) is 3.71. The van der Waals surface area contributed by atoms with Gasteiger partial charge in [0.05, 0.1) is 0 Å². The van der Waals surface area contributed by atoms with Crippen LogP contribution in [-0.4, -0.2) is 34.3 Å². The second-order valence-electron chi connectivity index (χ2n) is 4.96. The summed E-state index contributed by atoms with van der Waals surface area (Å²) in [6.07, 6.45) is 2.09. The Labute approximate surface area is 124 Å². The van der Waals surface area contributed by atoms with E-state index in [9.17, 15) is 4.39 Å². The maximum absolute atomic E-state index is 13.1. The zero-order chi connectivity index (χ0) is 14.1. The number of aromatic amines is 1. The van der Waals surface area contributed by atoms with Crippen molar-refractivity contribution in [3.05, 3.63) is 28.5 Å². The lowest BCUT2D eigenvalue weighted by Crippen LogP contribution is -2.43. The van der Waals surface area contributed by atoms with Gasteiger partial charge in [0.15, 0.2) is 5.82 Å². The number of halogens is 2. The fourth-order valence-corrected chi connectivity index (χ4v) is 2.93. The topological polar surface area (TPSA) is 70.8 Å². The first-order valence-corrected chi connectivity index (χ1v) is 7.31. The van der Waals surface area contributed by atoms with Crippen LogP contribution in [0.2, 0.25) is 0 Å². The van der Waals surface area contributed by atoms with E-state index in [1.54, 1.807) is 6.07 Å². The third kappa shape index (κ3) is 2.69. The highest BCUT2D eigenvalue weighted by atomic mass is 79.9. The Balaban J connectivity index is 1.86. The molecule has 106 valence electrons. The number of hydrogen-bond acceptors (Lipinski definition) is 4. The SMILES string of the molecule is NC1CCCN(c2n[nH]c(-c3ccc(F)cc3Br)n2)C1. The molecule has 1 atom stereocenters. The molecule has 0 amide bonds. The van der Waals surface area contributed by atoms with E-state index in [-0.39, 0.29) is 11.9 Å². The number of aromatic nitrogens is 3. The van der Waals surface area contributed by atoms with Crippen molar-refractivity contribution in [2.24, 2.45) is 5.73 Å². The molecule has 1 saturated heterocycles.